The Bertz CT molecular complexity index is 713. The standard InChI is InChI=1S/C11H14N2O4S2/c1-2-3-6-9-13-19(16,17)11-8-5-4-7-10(11)18(12,14)15/h4-5,7-8,13H,6,9H2,1H3,(H2,12,14,15). The van der Waals surface area contributed by atoms with Crippen LogP contribution in [0, 0.1) is 11.8 Å². The third kappa shape index (κ3) is 4.33. The maximum Gasteiger partial charge on any atom is 0.241 e. The van der Waals surface area contributed by atoms with Crippen LogP contribution in [0.15, 0.2) is 34.1 Å². The second-order valence-electron chi connectivity index (χ2n) is 3.57. The van der Waals surface area contributed by atoms with Gasteiger partial charge in [-0.05, 0) is 19.1 Å². The zero-order valence-corrected chi connectivity index (χ0v) is 11.9. The van der Waals surface area contributed by atoms with Gasteiger partial charge in [-0.2, -0.15) is 0 Å². The highest BCUT2D eigenvalue weighted by Gasteiger charge is 2.23. The van der Waals surface area contributed by atoms with Gasteiger partial charge >= 0.3 is 0 Å². The van der Waals surface area contributed by atoms with E-state index in [4.69, 9.17) is 5.14 Å². The van der Waals surface area contributed by atoms with Crippen molar-refractivity contribution >= 4 is 20.0 Å². The van der Waals surface area contributed by atoms with Crippen LogP contribution in [0.4, 0.5) is 0 Å². The predicted molar refractivity (Wildman–Crippen MR) is 71.1 cm³/mol. The van der Waals surface area contributed by atoms with E-state index in [2.05, 4.69) is 16.6 Å². The lowest BCUT2D eigenvalue weighted by molar-refractivity contribution is 0.574. The molecule has 6 nitrogen and oxygen atoms in total. The highest BCUT2D eigenvalue weighted by Crippen LogP contribution is 2.18. The molecular weight excluding hydrogens is 288 g/mol. The first-order valence-corrected chi connectivity index (χ1v) is 8.33. The second kappa shape index (κ2) is 6.16. The molecule has 0 aliphatic carbocycles. The fourth-order valence-electron chi connectivity index (χ4n) is 1.36. The Morgan fingerprint density at radius 2 is 1.74 bits per heavy atom. The minimum Gasteiger partial charge on any atom is -0.225 e. The van der Waals surface area contributed by atoms with Gasteiger partial charge < -0.3 is 0 Å². The highest BCUT2D eigenvalue weighted by atomic mass is 32.2. The average Bonchev–Trinajstić information content (AvgIpc) is 2.34. The summed E-state index contributed by atoms with van der Waals surface area (Å²) in [6.45, 7) is 1.74. The van der Waals surface area contributed by atoms with Gasteiger partial charge in [-0.25, -0.2) is 26.7 Å². The van der Waals surface area contributed by atoms with E-state index in [0.717, 1.165) is 6.07 Å². The van der Waals surface area contributed by atoms with Crippen LogP contribution >= 0.6 is 0 Å². The monoisotopic (exact) mass is 302 g/mol. The van der Waals surface area contributed by atoms with Crippen molar-refractivity contribution in [1.82, 2.24) is 4.72 Å². The topological polar surface area (TPSA) is 106 Å². The molecule has 0 atom stereocenters. The van der Waals surface area contributed by atoms with E-state index in [1.165, 1.54) is 18.2 Å². The number of nitrogens with two attached hydrogens (primary N) is 1. The smallest absolute Gasteiger partial charge is 0.225 e. The largest absolute Gasteiger partial charge is 0.241 e. The van der Waals surface area contributed by atoms with Crippen LogP contribution in [0.5, 0.6) is 0 Å². The summed E-state index contributed by atoms with van der Waals surface area (Å²) in [4.78, 5) is -0.786. The Hall–Kier alpha value is -1.40. The minimum absolute atomic E-state index is 0.0993. The van der Waals surface area contributed by atoms with Gasteiger partial charge in [-0.15, -0.1) is 11.8 Å². The molecule has 0 aliphatic rings. The maximum atomic E-state index is 12.0. The lowest BCUT2D eigenvalue weighted by Crippen LogP contribution is -2.27. The van der Waals surface area contributed by atoms with Crippen molar-refractivity contribution in [2.75, 3.05) is 6.54 Å². The Morgan fingerprint density at radius 1 is 1.16 bits per heavy atom. The zero-order valence-electron chi connectivity index (χ0n) is 10.3. The summed E-state index contributed by atoms with van der Waals surface area (Å²) < 4.78 is 48.9. The van der Waals surface area contributed by atoms with Crippen molar-refractivity contribution in [3.63, 3.8) is 0 Å². The van der Waals surface area contributed by atoms with Crippen molar-refractivity contribution in [1.29, 1.82) is 0 Å². The molecule has 0 unspecified atom stereocenters. The number of primary sulfonamides is 1. The summed E-state index contributed by atoms with van der Waals surface area (Å²) in [6, 6.07) is 5.17. The molecule has 0 heterocycles. The number of hydrogen-bond acceptors (Lipinski definition) is 4. The van der Waals surface area contributed by atoms with Crippen LogP contribution in [-0.4, -0.2) is 23.4 Å². The molecule has 104 valence electrons. The van der Waals surface area contributed by atoms with Crippen molar-refractivity contribution < 1.29 is 16.8 Å². The van der Waals surface area contributed by atoms with E-state index in [0.29, 0.717) is 6.42 Å². The predicted octanol–water partition coefficient (Wildman–Crippen LogP) is 0.0257. The van der Waals surface area contributed by atoms with Crippen molar-refractivity contribution in [3.8, 4) is 11.8 Å². The summed E-state index contributed by atoms with van der Waals surface area (Å²) in [5.74, 6) is 5.33. The molecule has 0 radical (unpaired) electrons. The summed E-state index contributed by atoms with van der Waals surface area (Å²) in [7, 11) is -8.03. The number of rotatable bonds is 5. The Morgan fingerprint density at radius 3 is 2.26 bits per heavy atom. The molecule has 0 fully saturated rings. The number of benzene rings is 1. The van der Waals surface area contributed by atoms with Gasteiger partial charge in [0.15, 0.2) is 0 Å². The van der Waals surface area contributed by atoms with Crippen molar-refractivity contribution in [2.45, 2.75) is 23.1 Å². The SMILES string of the molecule is CC#CCCNS(=O)(=O)c1ccccc1S(N)(=O)=O. The minimum atomic E-state index is -4.10. The van der Waals surface area contributed by atoms with Crippen LogP contribution < -0.4 is 9.86 Å². The first-order valence-electron chi connectivity index (χ1n) is 5.30. The van der Waals surface area contributed by atoms with E-state index >= 15 is 0 Å². The molecule has 0 amide bonds. The van der Waals surface area contributed by atoms with Crippen molar-refractivity contribution in [3.05, 3.63) is 24.3 Å². The molecule has 1 rings (SSSR count). The molecule has 0 bridgehead atoms. The highest BCUT2D eigenvalue weighted by molar-refractivity contribution is 7.92. The molecule has 0 aromatic heterocycles. The third-order valence-electron chi connectivity index (χ3n) is 2.16. The Kier molecular flexibility index (Phi) is 5.08. The van der Waals surface area contributed by atoms with E-state index in [1.807, 2.05) is 0 Å². The fraction of sp³-hybridized carbons (Fsp3) is 0.273. The summed E-state index contributed by atoms with van der Waals surface area (Å²) in [5, 5.41) is 4.99. The third-order valence-corrected chi connectivity index (χ3v) is 4.78. The average molecular weight is 302 g/mol. The van der Waals surface area contributed by atoms with Gasteiger partial charge in [0.2, 0.25) is 20.0 Å². The van der Waals surface area contributed by atoms with Gasteiger partial charge in [0.25, 0.3) is 0 Å². The van der Waals surface area contributed by atoms with Crippen LogP contribution in [-0.2, 0) is 20.0 Å². The molecule has 0 aliphatic heterocycles. The van der Waals surface area contributed by atoms with Crippen LogP contribution in [0.25, 0.3) is 0 Å². The van der Waals surface area contributed by atoms with E-state index in [9.17, 15) is 16.8 Å². The normalized spacial score (nSPS) is 11.7. The fourth-order valence-corrected chi connectivity index (χ4v) is 3.77. The molecule has 0 spiro atoms. The van der Waals surface area contributed by atoms with E-state index in [-0.39, 0.29) is 11.4 Å². The van der Waals surface area contributed by atoms with Gasteiger partial charge in [0.05, 0.1) is 0 Å². The number of hydrogen-bond donors (Lipinski definition) is 2. The van der Waals surface area contributed by atoms with Crippen LogP contribution in [0.3, 0.4) is 0 Å². The second-order valence-corrected chi connectivity index (χ2v) is 6.83. The Labute approximate surface area is 113 Å². The van der Waals surface area contributed by atoms with Crippen LogP contribution in [0.2, 0.25) is 0 Å². The van der Waals surface area contributed by atoms with E-state index in [1.54, 1.807) is 6.92 Å². The lowest BCUT2D eigenvalue weighted by Gasteiger charge is -2.09. The molecule has 1 aromatic carbocycles. The lowest BCUT2D eigenvalue weighted by atomic mass is 10.4. The first-order chi connectivity index (χ1) is 8.79. The molecule has 3 N–H and O–H groups in total. The van der Waals surface area contributed by atoms with Gasteiger partial charge in [0, 0.05) is 13.0 Å². The molecular formula is C11H14N2O4S2. The summed E-state index contributed by atoms with van der Waals surface area (Å²) in [6.07, 6.45) is 0.341. The quantitative estimate of drug-likeness (QED) is 0.591. The van der Waals surface area contributed by atoms with Gasteiger partial charge in [0.1, 0.15) is 9.79 Å². The molecule has 0 saturated heterocycles. The van der Waals surface area contributed by atoms with Crippen LogP contribution in [0.1, 0.15) is 13.3 Å². The zero-order chi connectivity index (χ0) is 14.5. The summed E-state index contributed by atoms with van der Waals surface area (Å²) >= 11 is 0. The number of sulfonamides is 2. The summed E-state index contributed by atoms with van der Waals surface area (Å²) in [5.41, 5.74) is 0. The number of nitrogens with one attached hydrogen (secondary N) is 1. The molecule has 1 aromatic rings. The van der Waals surface area contributed by atoms with Crippen molar-refractivity contribution in [2.24, 2.45) is 5.14 Å². The first kappa shape index (κ1) is 15.7. The molecule has 0 saturated carbocycles. The van der Waals surface area contributed by atoms with Gasteiger partial charge in [-0.3, -0.25) is 0 Å². The van der Waals surface area contributed by atoms with E-state index < -0.39 is 24.9 Å². The molecule has 8 heteroatoms. The maximum absolute atomic E-state index is 12.0. The molecule has 19 heavy (non-hydrogen) atoms. The Balaban J connectivity index is 3.11. The van der Waals surface area contributed by atoms with Gasteiger partial charge in [-0.1, -0.05) is 12.1 Å².